The summed E-state index contributed by atoms with van der Waals surface area (Å²) in [6.07, 6.45) is 1.83. The molecule has 0 spiro atoms. The molecule has 0 atom stereocenters. The Balaban J connectivity index is 1.97. The van der Waals surface area contributed by atoms with Crippen molar-refractivity contribution < 1.29 is 14.6 Å². The van der Waals surface area contributed by atoms with Gasteiger partial charge in [-0.1, -0.05) is 18.2 Å². The van der Waals surface area contributed by atoms with Crippen molar-refractivity contribution in [3.63, 3.8) is 0 Å². The molecule has 1 heterocycles. The number of thioether (sulfide) groups is 1. The number of aryl methyl sites for hydroxylation is 1. The van der Waals surface area contributed by atoms with E-state index in [1.54, 1.807) is 18.2 Å². The molecule has 1 aliphatic heterocycles. The zero-order valence-corrected chi connectivity index (χ0v) is 14.1. The summed E-state index contributed by atoms with van der Waals surface area (Å²) in [6, 6.07) is 12.8. The molecular weight excluding hydrogens is 324 g/mol. The number of nitrogens with zero attached hydrogens (tertiary/aromatic N) is 1. The van der Waals surface area contributed by atoms with Crippen LogP contribution in [0, 0.1) is 6.92 Å². The maximum atomic E-state index is 11.8. The molecule has 0 unspecified atom stereocenters. The summed E-state index contributed by atoms with van der Waals surface area (Å²) < 4.78 is 5.11. The van der Waals surface area contributed by atoms with Crippen LogP contribution in [0.1, 0.15) is 11.1 Å². The second-order valence-corrected chi connectivity index (χ2v) is 6.27. The first-order valence-corrected chi connectivity index (χ1v) is 8.10. The van der Waals surface area contributed by atoms with Gasteiger partial charge in [-0.05, 0) is 60.2 Å². The van der Waals surface area contributed by atoms with E-state index in [-0.39, 0.29) is 11.0 Å². The average molecular weight is 340 g/mol. The van der Waals surface area contributed by atoms with E-state index in [4.69, 9.17) is 4.74 Å². The first kappa shape index (κ1) is 16.1. The number of amidine groups is 1. The average Bonchev–Trinajstić information content (AvgIpc) is 2.88. The van der Waals surface area contributed by atoms with E-state index < -0.39 is 0 Å². The Morgan fingerprint density at radius 1 is 1.25 bits per heavy atom. The minimum absolute atomic E-state index is 0.0709. The van der Waals surface area contributed by atoms with Gasteiger partial charge in [0, 0.05) is 0 Å². The summed E-state index contributed by atoms with van der Waals surface area (Å²) in [5.74, 6) is 0.966. The number of carbonyl (C=O) groups excluding carboxylic acids is 1. The van der Waals surface area contributed by atoms with E-state index in [2.05, 4.69) is 10.3 Å². The van der Waals surface area contributed by atoms with Gasteiger partial charge in [-0.25, -0.2) is 4.99 Å². The Morgan fingerprint density at radius 3 is 2.83 bits per heavy atom. The quantitative estimate of drug-likeness (QED) is 0.877. The topological polar surface area (TPSA) is 70.9 Å². The molecule has 0 aliphatic carbocycles. The van der Waals surface area contributed by atoms with Crippen LogP contribution in [0.4, 0.5) is 10.5 Å². The lowest BCUT2D eigenvalue weighted by atomic mass is 10.2. The van der Waals surface area contributed by atoms with Crippen molar-refractivity contribution in [3.05, 3.63) is 58.5 Å². The van der Waals surface area contributed by atoms with Crippen molar-refractivity contribution in [2.45, 2.75) is 6.92 Å². The highest BCUT2D eigenvalue weighted by molar-refractivity contribution is 8.18. The van der Waals surface area contributed by atoms with Crippen LogP contribution in [0.5, 0.6) is 11.5 Å². The molecule has 6 heteroatoms. The minimum atomic E-state index is -0.168. The number of aromatic hydroxyl groups is 1. The van der Waals surface area contributed by atoms with Crippen LogP contribution in [-0.4, -0.2) is 23.3 Å². The number of benzene rings is 2. The maximum absolute atomic E-state index is 11.8. The lowest BCUT2D eigenvalue weighted by Gasteiger charge is -2.05. The van der Waals surface area contributed by atoms with Crippen LogP contribution in [0.15, 0.2) is 52.4 Å². The highest BCUT2D eigenvalue weighted by Gasteiger charge is 2.23. The van der Waals surface area contributed by atoms with Gasteiger partial charge in [0.25, 0.3) is 5.24 Å². The van der Waals surface area contributed by atoms with Crippen LogP contribution in [0.25, 0.3) is 6.08 Å². The zero-order valence-electron chi connectivity index (χ0n) is 13.2. The van der Waals surface area contributed by atoms with Crippen molar-refractivity contribution >= 4 is 34.6 Å². The van der Waals surface area contributed by atoms with Crippen LogP contribution in [-0.2, 0) is 0 Å². The van der Waals surface area contributed by atoms with Crippen molar-refractivity contribution in [3.8, 4) is 11.5 Å². The molecule has 0 saturated carbocycles. The van der Waals surface area contributed by atoms with Crippen molar-refractivity contribution in [1.29, 1.82) is 0 Å². The van der Waals surface area contributed by atoms with Crippen molar-refractivity contribution in [2.75, 3.05) is 7.11 Å². The molecule has 0 radical (unpaired) electrons. The summed E-state index contributed by atoms with van der Waals surface area (Å²) in [5, 5.41) is 12.3. The Hall–Kier alpha value is -2.73. The van der Waals surface area contributed by atoms with E-state index in [9.17, 15) is 9.90 Å². The number of phenolic OH excluding ortho intramolecular Hbond substituents is 1. The molecule has 1 amide bonds. The van der Waals surface area contributed by atoms with E-state index in [0.717, 1.165) is 28.6 Å². The summed E-state index contributed by atoms with van der Waals surface area (Å²) >= 11 is 1.09. The van der Waals surface area contributed by atoms with Gasteiger partial charge in [-0.2, -0.15) is 0 Å². The lowest BCUT2D eigenvalue weighted by Crippen LogP contribution is -2.18. The predicted octanol–water partition coefficient (Wildman–Crippen LogP) is 4.24. The normalized spacial score (nSPS) is 17.3. The minimum Gasteiger partial charge on any atom is -0.504 e. The van der Waals surface area contributed by atoms with Gasteiger partial charge in [-0.3, -0.25) is 4.79 Å². The molecule has 24 heavy (non-hydrogen) atoms. The standard InChI is InChI=1S/C18H16N2O3S/c1-11-4-3-5-13(8-11)19-17-16(24-18(22)20-17)10-12-6-7-14(21)15(9-12)23-2/h3-10,21H,1-2H3,(H,19,20,22)/b16-10-. The molecule has 3 rings (SSSR count). The summed E-state index contributed by atoms with van der Waals surface area (Å²) in [6.45, 7) is 1.99. The van der Waals surface area contributed by atoms with Crippen LogP contribution >= 0.6 is 11.8 Å². The SMILES string of the molecule is COc1cc(/C=C2\SC(=O)NC2=Nc2cccc(C)c2)ccc1O. The lowest BCUT2D eigenvalue weighted by molar-refractivity contribution is 0.265. The Labute approximate surface area is 144 Å². The second-order valence-electron chi connectivity index (χ2n) is 5.25. The maximum Gasteiger partial charge on any atom is 0.289 e. The van der Waals surface area contributed by atoms with Crippen LogP contribution in [0.2, 0.25) is 0 Å². The smallest absolute Gasteiger partial charge is 0.289 e. The number of carbonyl (C=O) groups is 1. The van der Waals surface area contributed by atoms with Gasteiger partial charge in [0.2, 0.25) is 0 Å². The molecule has 1 saturated heterocycles. The fourth-order valence-electron chi connectivity index (χ4n) is 2.27. The Kier molecular flexibility index (Phi) is 4.57. The van der Waals surface area contributed by atoms with Gasteiger partial charge >= 0.3 is 0 Å². The molecule has 2 aromatic rings. The second kappa shape index (κ2) is 6.80. The zero-order chi connectivity index (χ0) is 17.1. The molecule has 5 nitrogen and oxygen atoms in total. The fourth-order valence-corrected chi connectivity index (χ4v) is 3.01. The fraction of sp³-hybridized carbons (Fsp3) is 0.111. The number of amides is 1. The molecule has 2 aromatic carbocycles. The molecule has 1 aliphatic rings. The number of ether oxygens (including phenoxy) is 1. The van der Waals surface area contributed by atoms with E-state index in [1.807, 2.05) is 37.3 Å². The first-order valence-electron chi connectivity index (χ1n) is 7.28. The van der Waals surface area contributed by atoms with Crippen LogP contribution < -0.4 is 10.1 Å². The van der Waals surface area contributed by atoms with Gasteiger partial charge in [0.05, 0.1) is 17.7 Å². The molecular formula is C18H16N2O3S. The number of phenols is 1. The number of rotatable bonds is 3. The Bertz CT molecular complexity index is 859. The summed E-state index contributed by atoms with van der Waals surface area (Å²) in [4.78, 5) is 17.0. The number of methoxy groups -OCH3 is 1. The molecule has 2 N–H and O–H groups in total. The third-order valence-corrected chi connectivity index (χ3v) is 4.22. The number of hydrogen-bond donors (Lipinski definition) is 2. The van der Waals surface area contributed by atoms with Gasteiger partial charge in [0.15, 0.2) is 11.5 Å². The van der Waals surface area contributed by atoms with Gasteiger partial charge < -0.3 is 15.2 Å². The predicted molar refractivity (Wildman–Crippen MR) is 97.0 cm³/mol. The van der Waals surface area contributed by atoms with Gasteiger partial charge in [0.1, 0.15) is 5.84 Å². The van der Waals surface area contributed by atoms with E-state index >= 15 is 0 Å². The molecule has 1 fully saturated rings. The highest BCUT2D eigenvalue weighted by atomic mass is 32.2. The summed E-state index contributed by atoms with van der Waals surface area (Å²) in [7, 11) is 1.49. The van der Waals surface area contributed by atoms with Crippen LogP contribution in [0.3, 0.4) is 0 Å². The van der Waals surface area contributed by atoms with E-state index in [1.165, 1.54) is 7.11 Å². The highest BCUT2D eigenvalue weighted by Crippen LogP contribution is 2.31. The number of nitrogens with one attached hydrogen (secondary N) is 1. The third kappa shape index (κ3) is 3.60. The monoisotopic (exact) mass is 340 g/mol. The van der Waals surface area contributed by atoms with Crippen molar-refractivity contribution in [2.24, 2.45) is 4.99 Å². The molecule has 0 aromatic heterocycles. The van der Waals surface area contributed by atoms with E-state index in [0.29, 0.717) is 16.5 Å². The van der Waals surface area contributed by atoms with Gasteiger partial charge in [-0.15, -0.1) is 0 Å². The molecule has 0 bridgehead atoms. The third-order valence-electron chi connectivity index (χ3n) is 3.40. The first-order chi connectivity index (χ1) is 11.5. The summed E-state index contributed by atoms with van der Waals surface area (Å²) in [5.41, 5.74) is 2.69. The largest absolute Gasteiger partial charge is 0.504 e. The number of hydrogen-bond acceptors (Lipinski definition) is 5. The Morgan fingerprint density at radius 2 is 2.08 bits per heavy atom. The van der Waals surface area contributed by atoms with Crippen molar-refractivity contribution in [1.82, 2.24) is 5.32 Å². The molecule has 122 valence electrons. The number of aliphatic imine (C=N–C) groups is 1.